The van der Waals surface area contributed by atoms with Crippen LogP contribution in [0.25, 0.3) is 10.9 Å². The Bertz CT molecular complexity index is 1800. The Morgan fingerprint density at radius 2 is 1.89 bits per heavy atom. The SMILES string of the molecule is CN(C)C/C=C/C(=O)Nc1cccc(N2c3nc(Nc4ccc5cnn(C)c5c4)ncc3CN(Cc3ccccc3)C2O)c1. The number of aromatic nitrogens is 4. The first-order valence-electron chi connectivity index (χ1n) is 14.4. The third-order valence-corrected chi connectivity index (χ3v) is 7.37. The Kier molecular flexibility index (Phi) is 8.33. The Hall–Kier alpha value is -5.10. The summed E-state index contributed by atoms with van der Waals surface area (Å²) in [4.78, 5) is 27.8. The molecule has 0 saturated heterocycles. The van der Waals surface area contributed by atoms with Crippen molar-refractivity contribution in [2.75, 3.05) is 36.2 Å². The van der Waals surface area contributed by atoms with Gasteiger partial charge in [-0.1, -0.05) is 42.5 Å². The summed E-state index contributed by atoms with van der Waals surface area (Å²) in [5, 5.41) is 23.4. The predicted octanol–water partition coefficient (Wildman–Crippen LogP) is 4.59. The molecular formula is C33H35N9O2. The molecule has 3 heterocycles. The van der Waals surface area contributed by atoms with Gasteiger partial charge in [-0.2, -0.15) is 10.1 Å². The molecule has 224 valence electrons. The highest BCUT2D eigenvalue weighted by atomic mass is 16.3. The minimum Gasteiger partial charge on any atom is -0.360 e. The first-order valence-corrected chi connectivity index (χ1v) is 14.4. The molecule has 5 aromatic rings. The van der Waals surface area contributed by atoms with Gasteiger partial charge in [-0.15, -0.1) is 0 Å². The van der Waals surface area contributed by atoms with Crippen LogP contribution in [0, 0.1) is 0 Å². The van der Waals surface area contributed by atoms with Gasteiger partial charge in [0.05, 0.1) is 11.7 Å². The average molecular weight is 590 g/mol. The standard InChI is InChI=1S/C33H35N9O2/c1-39(2)16-8-13-30(43)36-26-11-7-12-28(17-26)42-31-25(22-41(33(42)44)21-23-9-5-4-6-10-23)19-34-32(38-31)37-27-15-14-24-20-35-40(3)29(24)18-27/h4-15,17-20,33,44H,16,21-22H2,1-3H3,(H,36,43)(H,34,37,38)/b13-8+. The van der Waals surface area contributed by atoms with E-state index >= 15 is 0 Å². The quantitative estimate of drug-likeness (QED) is 0.212. The van der Waals surface area contributed by atoms with E-state index in [4.69, 9.17) is 4.98 Å². The largest absolute Gasteiger partial charge is 0.360 e. The molecule has 1 atom stereocenters. The second-order valence-corrected chi connectivity index (χ2v) is 11.0. The van der Waals surface area contributed by atoms with E-state index < -0.39 is 6.35 Å². The van der Waals surface area contributed by atoms with Crippen molar-refractivity contribution in [1.29, 1.82) is 0 Å². The molecule has 0 bridgehead atoms. The Labute approximate surface area is 256 Å². The Morgan fingerprint density at radius 1 is 1.05 bits per heavy atom. The highest BCUT2D eigenvalue weighted by Gasteiger charge is 2.34. The van der Waals surface area contributed by atoms with Gasteiger partial charge in [-0.25, -0.2) is 4.98 Å². The molecule has 1 aliphatic heterocycles. The van der Waals surface area contributed by atoms with Crippen LogP contribution in [0.5, 0.6) is 0 Å². The summed E-state index contributed by atoms with van der Waals surface area (Å²) in [6.45, 7) is 1.64. The first-order chi connectivity index (χ1) is 21.3. The molecule has 0 saturated carbocycles. The summed E-state index contributed by atoms with van der Waals surface area (Å²) in [7, 11) is 5.79. The molecule has 1 amide bonds. The first kappa shape index (κ1) is 29.0. The van der Waals surface area contributed by atoms with Crippen molar-refractivity contribution < 1.29 is 9.90 Å². The van der Waals surface area contributed by atoms with E-state index in [9.17, 15) is 9.90 Å². The molecule has 3 aromatic carbocycles. The summed E-state index contributed by atoms with van der Waals surface area (Å²) in [6.07, 6.45) is 5.93. The number of benzene rings is 3. The number of carbonyl (C=O) groups excluding carboxylic acids is 1. The van der Waals surface area contributed by atoms with E-state index in [0.29, 0.717) is 42.8 Å². The number of carbonyl (C=O) groups is 1. The molecule has 44 heavy (non-hydrogen) atoms. The summed E-state index contributed by atoms with van der Waals surface area (Å²) in [6, 6.07) is 23.4. The van der Waals surface area contributed by atoms with E-state index in [0.717, 1.165) is 27.7 Å². The Morgan fingerprint density at radius 3 is 2.70 bits per heavy atom. The lowest BCUT2D eigenvalue weighted by molar-refractivity contribution is -0.111. The minimum absolute atomic E-state index is 0.228. The van der Waals surface area contributed by atoms with Gasteiger partial charge in [0.2, 0.25) is 11.9 Å². The molecular weight excluding hydrogens is 554 g/mol. The molecule has 11 nitrogen and oxygen atoms in total. The van der Waals surface area contributed by atoms with Crippen LogP contribution in [0.3, 0.4) is 0 Å². The van der Waals surface area contributed by atoms with E-state index in [1.165, 1.54) is 6.08 Å². The lowest BCUT2D eigenvalue weighted by Gasteiger charge is -2.42. The summed E-state index contributed by atoms with van der Waals surface area (Å²) >= 11 is 0. The van der Waals surface area contributed by atoms with Gasteiger partial charge in [0, 0.05) is 67.0 Å². The third-order valence-electron chi connectivity index (χ3n) is 7.37. The van der Waals surface area contributed by atoms with Crippen molar-refractivity contribution in [3.05, 3.63) is 108 Å². The van der Waals surface area contributed by atoms with Gasteiger partial charge >= 0.3 is 0 Å². The number of fused-ring (bicyclic) bond motifs is 2. The van der Waals surface area contributed by atoms with Gasteiger partial charge in [-0.3, -0.25) is 19.3 Å². The highest BCUT2D eigenvalue weighted by Crippen LogP contribution is 2.37. The summed E-state index contributed by atoms with van der Waals surface area (Å²) in [5.41, 5.74) is 5.02. The number of nitrogens with one attached hydrogen (secondary N) is 2. The molecule has 2 aromatic heterocycles. The van der Waals surface area contributed by atoms with E-state index in [2.05, 4.69) is 20.7 Å². The number of rotatable bonds is 9. The molecule has 11 heteroatoms. The maximum absolute atomic E-state index is 12.6. The van der Waals surface area contributed by atoms with Crippen molar-refractivity contribution in [1.82, 2.24) is 29.5 Å². The zero-order valence-corrected chi connectivity index (χ0v) is 24.9. The van der Waals surface area contributed by atoms with Gasteiger partial charge < -0.3 is 20.6 Å². The van der Waals surface area contributed by atoms with Crippen LogP contribution in [0.15, 0.2) is 97.3 Å². The van der Waals surface area contributed by atoms with Crippen LogP contribution in [-0.2, 0) is 24.9 Å². The maximum atomic E-state index is 12.6. The number of aliphatic hydroxyl groups excluding tert-OH is 1. The number of hydrogen-bond donors (Lipinski definition) is 3. The third kappa shape index (κ3) is 6.45. The lowest BCUT2D eigenvalue weighted by Crippen LogP contribution is -2.49. The zero-order valence-electron chi connectivity index (χ0n) is 24.9. The topological polar surface area (TPSA) is 115 Å². The highest BCUT2D eigenvalue weighted by molar-refractivity contribution is 5.99. The summed E-state index contributed by atoms with van der Waals surface area (Å²) < 4.78 is 1.82. The van der Waals surface area contributed by atoms with Crippen LogP contribution in [0.4, 0.5) is 28.8 Å². The molecule has 1 unspecified atom stereocenters. The maximum Gasteiger partial charge on any atom is 0.248 e. The minimum atomic E-state index is -1.03. The fourth-order valence-corrected chi connectivity index (χ4v) is 5.20. The van der Waals surface area contributed by atoms with E-state index in [1.54, 1.807) is 11.1 Å². The number of anilines is 5. The molecule has 0 fully saturated rings. The van der Waals surface area contributed by atoms with Crippen molar-refractivity contribution in [2.24, 2.45) is 7.05 Å². The normalized spacial score (nSPS) is 15.2. The van der Waals surface area contributed by atoms with Crippen LogP contribution >= 0.6 is 0 Å². The number of likely N-dealkylation sites (N-methyl/N-ethyl adjacent to an activating group) is 1. The fraction of sp³-hybridized carbons (Fsp3) is 0.212. The molecule has 6 rings (SSSR count). The van der Waals surface area contributed by atoms with E-state index in [-0.39, 0.29) is 5.91 Å². The van der Waals surface area contributed by atoms with Crippen molar-refractivity contribution in [3.63, 3.8) is 0 Å². The smallest absolute Gasteiger partial charge is 0.248 e. The number of nitrogens with zero attached hydrogens (tertiary/aromatic N) is 7. The molecule has 1 aliphatic rings. The van der Waals surface area contributed by atoms with E-state index in [1.807, 2.05) is 121 Å². The molecule has 3 N–H and O–H groups in total. The fourth-order valence-electron chi connectivity index (χ4n) is 5.20. The predicted molar refractivity (Wildman–Crippen MR) is 173 cm³/mol. The van der Waals surface area contributed by atoms with Crippen molar-refractivity contribution in [2.45, 2.75) is 19.4 Å². The molecule has 0 radical (unpaired) electrons. The molecule has 0 spiro atoms. The number of aryl methyl sites for hydroxylation is 1. The van der Waals surface area contributed by atoms with Gasteiger partial charge in [0.25, 0.3) is 0 Å². The average Bonchev–Trinajstić information content (AvgIpc) is 3.38. The van der Waals surface area contributed by atoms with Crippen LogP contribution in [0.2, 0.25) is 0 Å². The Balaban J connectivity index is 1.33. The van der Waals surface area contributed by atoms with Crippen LogP contribution in [0.1, 0.15) is 11.1 Å². The second kappa shape index (κ2) is 12.6. The number of hydrogen-bond acceptors (Lipinski definition) is 9. The van der Waals surface area contributed by atoms with Gasteiger partial charge in [0.1, 0.15) is 5.82 Å². The van der Waals surface area contributed by atoms with Crippen molar-refractivity contribution in [3.8, 4) is 0 Å². The second-order valence-electron chi connectivity index (χ2n) is 11.0. The lowest BCUT2D eigenvalue weighted by atomic mass is 10.1. The number of aliphatic hydroxyl groups is 1. The van der Waals surface area contributed by atoms with Gasteiger partial charge in [0.15, 0.2) is 6.35 Å². The zero-order chi connectivity index (χ0) is 30.6. The monoisotopic (exact) mass is 589 g/mol. The number of amides is 1. The van der Waals surface area contributed by atoms with Gasteiger partial charge in [-0.05, 0) is 56.1 Å². The van der Waals surface area contributed by atoms with Crippen LogP contribution in [-0.4, -0.2) is 67.6 Å². The summed E-state index contributed by atoms with van der Waals surface area (Å²) in [5.74, 6) is 0.748. The molecule has 0 aliphatic carbocycles. The van der Waals surface area contributed by atoms with Crippen LogP contribution < -0.4 is 15.5 Å². The van der Waals surface area contributed by atoms with Crippen molar-refractivity contribution >= 4 is 45.6 Å².